The Labute approximate surface area is 191 Å². The van der Waals surface area contributed by atoms with Crippen molar-refractivity contribution in [3.8, 4) is 28.3 Å². The highest BCUT2D eigenvalue weighted by Crippen LogP contribution is 2.36. The Morgan fingerprint density at radius 3 is 2.38 bits per heavy atom. The second-order valence-electron chi connectivity index (χ2n) is 7.43. The minimum absolute atomic E-state index is 0.00634. The van der Waals surface area contributed by atoms with Crippen molar-refractivity contribution in [2.75, 3.05) is 12.8 Å². The highest BCUT2D eigenvalue weighted by molar-refractivity contribution is 5.90. The molecule has 0 saturated carbocycles. The summed E-state index contributed by atoms with van der Waals surface area (Å²) in [7, 11) is 1.49. The summed E-state index contributed by atoms with van der Waals surface area (Å²) in [4.78, 5) is 13.2. The Morgan fingerprint density at radius 1 is 0.941 bits per heavy atom. The van der Waals surface area contributed by atoms with E-state index in [4.69, 9.17) is 10.5 Å². The molecule has 0 radical (unpaired) electrons. The number of rotatable bonds is 5. The summed E-state index contributed by atoms with van der Waals surface area (Å²) < 4.78 is 48.6. The summed E-state index contributed by atoms with van der Waals surface area (Å²) >= 11 is 0. The number of hydrogen-bond donors (Lipinski definition) is 1. The molecule has 3 aromatic heterocycles. The standard InChI is InChI=1S/C24H17F3N6O/c1-34-20-11-14(9-10-29-20)21-22(13-5-7-15(25)8-6-13)31-24(28)33-23(21)30-19(32-33)12-16-17(26)3-2-4-18(16)27/h2-11H,12H2,1H3,(H2,28,31). The minimum Gasteiger partial charge on any atom is -0.481 e. The highest BCUT2D eigenvalue weighted by Gasteiger charge is 2.22. The first-order chi connectivity index (χ1) is 16.4. The Bertz CT molecular complexity index is 1500. The lowest BCUT2D eigenvalue weighted by atomic mass is 10.0. The molecule has 0 fully saturated rings. The van der Waals surface area contributed by atoms with E-state index in [2.05, 4.69) is 20.1 Å². The predicted octanol–water partition coefficient (Wildman–Crippen LogP) is 4.45. The number of aromatic nitrogens is 5. The zero-order valence-corrected chi connectivity index (χ0v) is 17.8. The molecule has 2 aromatic carbocycles. The van der Waals surface area contributed by atoms with E-state index < -0.39 is 17.5 Å². The van der Waals surface area contributed by atoms with Crippen molar-refractivity contribution in [3.63, 3.8) is 0 Å². The van der Waals surface area contributed by atoms with Crippen LogP contribution in [0.4, 0.5) is 19.1 Å². The number of pyridine rings is 1. The molecule has 0 aliphatic rings. The average Bonchev–Trinajstić information content (AvgIpc) is 3.26. The molecule has 0 spiro atoms. The van der Waals surface area contributed by atoms with Gasteiger partial charge in [0.05, 0.1) is 18.4 Å². The van der Waals surface area contributed by atoms with Gasteiger partial charge in [-0.2, -0.15) is 4.52 Å². The zero-order valence-electron chi connectivity index (χ0n) is 17.8. The maximum atomic E-state index is 14.2. The van der Waals surface area contributed by atoms with Gasteiger partial charge in [0.15, 0.2) is 11.5 Å². The topological polar surface area (TPSA) is 91.2 Å². The molecule has 0 saturated heterocycles. The van der Waals surface area contributed by atoms with Crippen molar-refractivity contribution in [2.45, 2.75) is 6.42 Å². The van der Waals surface area contributed by atoms with Crippen LogP contribution in [0.2, 0.25) is 0 Å². The first-order valence-electron chi connectivity index (χ1n) is 10.2. The van der Waals surface area contributed by atoms with Gasteiger partial charge in [-0.1, -0.05) is 6.07 Å². The van der Waals surface area contributed by atoms with Gasteiger partial charge < -0.3 is 10.5 Å². The number of anilines is 1. The number of halogens is 3. The third-order valence-electron chi connectivity index (χ3n) is 5.30. The molecule has 0 unspecified atom stereocenters. The second-order valence-corrected chi connectivity index (χ2v) is 7.43. The number of hydrogen-bond acceptors (Lipinski definition) is 6. The van der Waals surface area contributed by atoms with Crippen LogP contribution in [0.15, 0.2) is 60.8 Å². The summed E-state index contributed by atoms with van der Waals surface area (Å²) in [5, 5.41) is 4.35. The SMILES string of the molecule is COc1cc(-c2c(-c3ccc(F)cc3)nc(N)n3nc(Cc4c(F)cccc4F)nc23)ccn1. The van der Waals surface area contributed by atoms with E-state index in [1.807, 2.05) is 0 Å². The number of ether oxygens (including phenoxy) is 1. The molecule has 2 N–H and O–H groups in total. The molecule has 0 amide bonds. The smallest absolute Gasteiger partial charge is 0.223 e. The Balaban J connectivity index is 1.76. The largest absolute Gasteiger partial charge is 0.481 e. The first-order valence-corrected chi connectivity index (χ1v) is 10.2. The lowest BCUT2D eigenvalue weighted by molar-refractivity contribution is 0.398. The molecule has 10 heteroatoms. The van der Waals surface area contributed by atoms with Crippen LogP contribution in [0.25, 0.3) is 28.0 Å². The van der Waals surface area contributed by atoms with Crippen LogP contribution in [-0.2, 0) is 6.42 Å². The van der Waals surface area contributed by atoms with Crippen LogP contribution in [0.3, 0.4) is 0 Å². The fraction of sp³-hybridized carbons (Fsp3) is 0.0833. The van der Waals surface area contributed by atoms with Gasteiger partial charge in [-0.25, -0.2) is 28.1 Å². The van der Waals surface area contributed by atoms with E-state index in [9.17, 15) is 13.2 Å². The van der Waals surface area contributed by atoms with Gasteiger partial charge in [-0.15, -0.1) is 5.10 Å². The number of nitrogens with zero attached hydrogens (tertiary/aromatic N) is 5. The van der Waals surface area contributed by atoms with Crippen molar-refractivity contribution in [1.29, 1.82) is 0 Å². The van der Waals surface area contributed by atoms with E-state index >= 15 is 0 Å². The maximum Gasteiger partial charge on any atom is 0.223 e. The van der Waals surface area contributed by atoms with Crippen LogP contribution < -0.4 is 10.5 Å². The summed E-state index contributed by atoms with van der Waals surface area (Å²) in [6.45, 7) is 0. The van der Waals surface area contributed by atoms with Crippen LogP contribution in [0.1, 0.15) is 11.4 Å². The molecular formula is C24H17F3N6O. The Morgan fingerprint density at radius 2 is 1.68 bits per heavy atom. The summed E-state index contributed by atoms with van der Waals surface area (Å²) in [5.41, 5.74) is 8.51. The lowest BCUT2D eigenvalue weighted by Gasteiger charge is -2.12. The molecule has 0 bridgehead atoms. The predicted molar refractivity (Wildman–Crippen MR) is 120 cm³/mol. The third-order valence-corrected chi connectivity index (χ3v) is 5.30. The number of benzene rings is 2. The maximum absolute atomic E-state index is 14.2. The first kappa shape index (κ1) is 21.4. The van der Waals surface area contributed by atoms with Gasteiger partial charge in [0, 0.05) is 29.8 Å². The number of fused-ring (bicyclic) bond motifs is 1. The van der Waals surface area contributed by atoms with E-state index in [1.54, 1.807) is 30.5 Å². The van der Waals surface area contributed by atoms with E-state index in [0.29, 0.717) is 33.9 Å². The fourth-order valence-corrected chi connectivity index (χ4v) is 3.69. The van der Waals surface area contributed by atoms with E-state index in [0.717, 1.165) is 0 Å². The highest BCUT2D eigenvalue weighted by atomic mass is 19.1. The number of nitrogen functional groups attached to an aromatic ring is 1. The van der Waals surface area contributed by atoms with Gasteiger partial charge in [0.25, 0.3) is 0 Å². The number of nitrogens with two attached hydrogens (primary N) is 1. The van der Waals surface area contributed by atoms with E-state index in [-0.39, 0.29) is 23.8 Å². The van der Waals surface area contributed by atoms with E-state index in [1.165, 1.54) is 42.0 Å². The molecule has 34 heavy (non-hydrogen) atoms. The molecule has 0 aliphatic heterocycles. The van der Waals surface area contributed by atoms with Crippen LogP contribution in [-0.4, -0.2) is 31.7 Å². The zero-order chi connectivity index (χ0) is 23.8. The van der Waals surface area contributed by atoms with Crippen molar-refractivity contribution in [1.82, 2.24) is 24.6 Å². The molecule has 0 aliphatic carbocycles. The second kappa shape index (κ2) is 8.47. The molecule has 5 aromatic rings. The molecule has 0 atom stereocenters. The molecule has 3 heterocycles. The summed E-state index contributed by atoms with van der Waals surface area (Å²) in [5.74, 6) is -1.29. The van der Waals surface area contributed by atoms with Gasteiger partial charge in [0.1, 0.15) is 17.5 Å². The molecule has 170 valence electrons. The Hall–Kier alpha value is -4.47. The molecule has 7 nitrogen and oxygen atoms in total. The quantitative estimate of drug-likeness (QED) is 0.415. The van der Waals surface area contributed by atoms with Gasteiger partial charge in [0.2, 0.25) is 11.8 Å². The van der Waals surface area contributed by atoms with Crippen LogP contribution in [0.5, 0.6) is 5.88 Å². The van der Waals surface area contributed by atoms with Crippen molar-refractivity contribution in [2.24, 2.45) is 0 Å². The minimum atomic E-state index is -0.698. The molecule has 5 rings (SSSR count). The average molecular weight is 462 g/mol. The van der Waals surface area contributed by atoms with Crippen molar-refractivity contribution in [3.05, 3.63) is 89.6 Å². The van der Waals surface area contributed by atoms with Gasteiger partial charge >= 0.3 is 0 Å². The summed E-state index contributed by atoms with van der Waals surface area (Å²) in [6.07, 6.45) is 1.37. The summed E-state index contributed by atoms with van der Waals surface area (Å²) in [6, 6.07) is 12.8. The van der Waals surface area contributed by atoms with Gasteiger partial charge in [-0.05, 0) is 48.0 Å². The van der Waals surface area contributed by atoms with Gasteiger partial charge in [-0.3, -0.25) is 0 Å². The van der Waals surface area contributed by atoms with Crippen molar-refractivity contribution < 1.29 is 17.9 Å². The number of methoxy groups -OCH3 is 1. The third kappa shape index (κ3) is 3.79. The normalized spacial score (nSPS) is 11.2. The molecular weight excluding hydrogens is 445 g/mol. The van der Waals surface area contributed by atoms with Crippen molar-refractivity contribution >= 4 is 11.6 Å². The van der Waals surface area contributed by atoms with Crippen LogP contribution in [0, 0.1) is 17.5 Å². The Kier molecular flexibility index (Phi) is 5.33. The fourth-order valence-electron chi connectivity index (χ4n) is 3.69. The van der Waals surface area contributed by atoms with Crippen LogP contribution >= 0.6 is 0 Å². The lowest BCUT2D eigenvalue weighted by Crippen LogP contribution is -2.06. The monoisotopic (exact) mass is 462 g/mol.